The van der Waals surface area contributed by atoms with E-state index in [2.05, 4.69) is 10.1 Å². The number of carboxylic acids is 1. The van der Waals surface area contributed by atoms with Gasteiger partial charge in [0.25, 0.3) is 5.56 Å². The molecule has 120 valence electrons. The lowest BCUT2D eigenvalue weighted by molar-refractivity contribution is -0.00731. The minimum Gasteiger partial charge on any atom is -0.477 e. The number of nitrogens with one attached hydrogen (secondary N) is 1. The largest absolute Gasteiger partial charge is 0.477 e. The van der Waals surface area contributed by atoms with E-state index in [1.807, 2.05) is 6.07 Å². The van der Waals surface area contributed by atoms with Gasteiger partial charge in [-0.3, -0.25) is 9.89 Å². The van der Waals surface area contributed by atoms with Crippen molar-refractivity contribution in [1.82, 2.24) is 14.6 Å². The number of nitrogens with zero attached hydrogens (tertiary/aromatic N) is 2. The molecule has 2 aromatic heterocycles. The number of aromatic amines is 1. The van der Waals surface area contributed by atoms with Gasteiger partial charge in [-0.1, -0.05) is 0 Å². The SMILES string of the molecule is O=C(O)c1cnc2cc(C34CC5CC(CC(C5)C3)C4)[nH]n2c1=O. The predicted molar refractivity (Wildman–Crippen MR) is 82.6 cm³/mol. The molecule has 4 aliphatic carbocycles. The van der Waals surface area contributed by atoms with Crippen LogP contribution in [0.2, 0.25) is 0 Å². The maximum Gasteiger partial charge on any atom is 0.343 e. The number of aromatic nitrogens is 3. The van der Waals surface area contributed by atoms with Crippen LogP contribution in [0.1, 0.15) is 54.6 Å². The van der Waals surface area contributed by atoms with Crippen molar-refractivity contribution in [2.45, 2.75) is 43.9 Å². The molecular formula is C17H19N3O3. The van der Waals surface area contributed by atoms with Crippen molar-refractivity contribution < 1.29 is 9.90 Å². The molecule has 2 aromatic rings. The first-order valence-corrected chi connectivity index (χ1v) is 8.39. The summed E-state index contributed by atoms with van der Waals surface area (Å²) in [7, 11) is 0. The zero-order valence-electron chi connectivity index (χ0n) is 12.8. The molecule has 0 aliphatic heterocycles. The quantitative estimate of drug-likeness (QED) is 0.889. The van der Waals surface area contributed by atoms with Gasteiger partial charge in [0.1, 0.15) is 5.56 Å². The fourth-order valence-corrected chi connectivity index (χ4v) is 5.82. The van der Waals surface area contributed by atoms with E-state index in [-0.39, 0.29) is 11.0 Å². The minimum absolute atomic E-state index is 0.137. The van der Waals surface area contributed by atoms with Crippen LogP contribution < -0.4 is 5.56 Å². The Morgan fingerprint density at radius 3 is 2.39 bits per heavy atom. The van der Waals surface area contributed by atoms with Crippen LogP contribution in [0.4, 0.5) is 0 Å². The third-order valence-corrected chi connectivity index (χ3v) is 6.33. The number of carboxylic acid groups (broad SMARTS) is 1. The number of aromatic carboxylic acids is 1. The van der Waals surface area contributed by atoms with Crippen molar-refractivity contribution in [2.75, 3.05) is 0 Å². The number of hydrogen-bond donors (Lipinski definition) is 2. The van der Waals surface area contributed by atoms with Crippen LogP contribution in [-0.4, -0.2) is 25.7 Å². The summed E-state index contributed by atoms with van der Waals surface area (Å²) in [4.78, 5) is 27.6. The predicted octanol–water partition coefficient (Wildman–Crippen LogP) is 2.19. The zero-order chi connectivity index (χ0) is 15.8. The maximum atomic E-state index is 12.3. The molecule has 6 heteroatoms. The van der Waals surface area contributed by atoms with E-state index in [9.17, 15) is 9.59 Å². The topological polar surface area (TPSA) is 87.5 Å². The lowest BCUT2D eigenvalue weighted by atomic mass is 9.49. The highest BCUT2D eigenvalue weighted by molar-refractivity contribution is 5.86. The van der Waals surface area contributed by atoms with Crippen molar-refractivity contribution in [3.8, 4) is 0 Å². The van der Waals surface area contributed by atoms with Gasteiger partial charge in [0.15, 0.2) is 5.65 Å². The van der Waals surface area contributed by atoms with Crippen LogP contribution in [0.5, 0.6) is 0 Å². The van der Waals surface area contributed by atoms with E-state index in [1.54, 1.807) is 0 Å². The Morgan fingerprint density at radius 1 is 1.22 bits per heavy atom. The van der Waals surface area contributed by atoms with Crippen molar-refractivity contribution in [3.05, 3.63) is 33.9 Å². The molecule has 0 saturated heterocycles. The van der Waals surface area contributed by atoms with E-state index in [1.165, 1.54) is 43.0 Å². The van der Waals surface area contributed by atoms with Crippen molar-refractivity contribution >= 4 is 11.6 Å². The van der Waals surface area contributed by atoms with Gasteiger partial charge in [-0.15, -0.1) is 0 Å². The minimum atomic E-state index is -1.23. The third kappa shape index (κ3) is 1.77. The van der Waals surface area contributed by atoms with Crippen LogP contribution in [0.25, 0.3) is 5.65 Å². The second-order valence-corrected chi connectivity index (χ2v) is 7.84. The van der Waals surface area contributed by atoms with Crippen LogP contribution >= 0.6 is 0 Å². The Morgan fingerprint density at radius 2 is 1.83 bits per heavy atom. The van der Waals surface area contributed by atoms with Gasteiger partial charge < -0.3 is 5.11 Å². The summed E-state index contributed by atoms with van der Waals surface area (Å²) in [6.45, 7) is 0. The molecule has 4 saturated carbocycles. The van der Waals surface area contributed by atoms with E-state index in [0.29, 0.717) is 5.65 Å². The third-order valence-electron chi connectivity index (χ3n) is 6.33. The number of hydrogen-bond acceptors (Lipinski definition) is 3. The highest BCUT2D eigenvalue weighted by atomic mass is 16.4. The molecule has 0 amide bonds. The molecule has 6 rings (SSSR count). The first kappa shape index (κ1) is 13.3. The number of H-pyrrole nitrogens is 1. The molecule has 6 nitrogen and oxygen atoms in total. The number of rotatable bonds is 2. The molecule has 4 aliphatic rings. The molecule has 2 N–H and O–H groups in total. The Balaban J connectivity index is 1.65. The normalized spacial score (nSPS) is 35.0. The van der Waals surface area contributed by atoms with E-state index < -0.39 is 11.5 Å². The fourth-order valence-electron chi connectivity index (χ4n) is 5.82. The van der Waals surface area contributed by atoms with Crippen molar-refractivity contribution in [2.24, 2.45) is 17.8 Å². The summed E-state index contributed by atoms with van der Waals surface area (Å²) < 4.78 is 1.30. The average molecular weight is 313 g/mol. The Kier molecular flexibility index (Phi) is 2.46. The Labute approximate surface area is 132 Å². The molecule has 4 bridgehead atoms. The van der Waals surface area contributed by atoms with E-state index >= 15 is 0 Å². The zero-order valence-corrected chi connectivity index (χ0v) is 12.8. The van der Waals surface area contributed by atoms with Gasteiger partial charge in [-0.25, -0.2) is 14.3 Å². The van der Waals surface area contributed by atoms with Crippen LogP contribution in [0.15, 0.2) is 17.1 Å². The molecule has 0 spiro atoms. The van der Waals surface area contributed by atoms with Gasteiger partial charge in [0.05, 0.1) is 0 Å². The Hall–Kier alpha value is -2.11. The Bertz CT molecular complexity index is 844. The van der Waals surface area contributed by atoms with E-state index in [4.69, 9.17) is 5.11 Å². The first-order valence-electron chi connectivity index (χ1n) is 8.39. The maximum absolute atomic E-state index is 12.3. The summed E-state index contributed by atoms with van der Waals surface area (Å²) >= 11 is 0. The smallest absolute Gasteiger partial charge is 0.343 e. The van der Waals surface area contributed by atoms with Gasteiger partial charge in [-0.2, -0.15) is 0 Å². The summed E-state index contributed by atoms with van der Waals surface area (Å²) in [6, 6.07) is 1.96. The molecule has 0 radical (unpaired) electrons. The van der Waals surface area contributed by atoms with Crippen molar-refractivity contribution in [1.29, 1.82) is 0 Å². The number of fused-ring (bicyclic) bond motifs is 1. The standard InChI is InChI=1S/C17H19N3O3/c21-15-12(16(22)23)8-18-14-4-13(19-20(14)15)17-5-9-1-10(6-17)3-11(2-9)7-17/h4,8-11,19H,1-3,5-7H2,(H,22,23). The molecule has 23 heavy (non-hydrogen) atoms. The lowest BCUT2D eigenvalue weighted by Gasteiger charge is -2.56. The summed E-state index contributed by atoms with van der Waals surface area (Å²) in [5, 5.41) is 12.3. The molecule has 0 unspecified atom stereocenters. The molecular weight excluding hydrogens is 294 g/mol. The highest BCUT2D eigenvalue weighted by Gasteiger charge is 2.52. The van der Waals surface area contributed by atoms with Gasteiger partial charge in [0.2, 0.25) is 0 Å². The molecule has 0 aromatic carbocycles. The van der Waals surface area contributed by atoms with Crippen molar-refractivity contribution in [3.63, 3.8) is 0 Å². The molecule has 0 atom stereocenters. The van der Waals surface area contributed by atoms with Gasteiger partial charge in [0, 0.05) is 23.4 Å². The second kappa shape index (κ2) is 4.24. The lowest BCUT2D eigenvalue weighted by Crippen LogP contribution is -2.48. The van der Waals surface area contributed by atoms with E-state index in [0.717, 1.165) is 29.6 Å². The second-order valence-electron chi connectivity index (χ2n) is 7.84. The highest BCUT2D eigenvalue weighted by Crippen LogP contribution is 2.60. The van der Waals surface area contributed by atoms with Gasteiger partial charge >= 0.3 is 5.97 Å². The number of carbonyl (C=O) groups is 1. The van der Waals surface area contributed by atoms with Crippen LogP contribution in [0, 0.1) is 17.8 Å². The molecule has 4 fully saturated rings. The monoisotopic (exact) mass is 313 g/mol. The average Bonchev–Trinajstić information content (AvgIpc) is 2.91. The van der Waals surface area contributed by atoms with Crippen LogP contribution in [0.3, 0.4) is 0 Å². The van der Waals surface area contributed by atoms with Crippen LogP contribution in [-0.2, 0) is 5.41 Å². The summed E-state index contributed by atoms with van der Waals surface area (Å²) in [6.07, 6.45) is 8.81. The first-order chi connectivity index (χ1) is 11.0. The summed E-state index contributed by atoms with van der Waals surface area (Å²) in [5.41, 5.74) is 0.910. The molecule has 2 heterocycles. The fraction of sp³-hybridized carbons (Fsp3) is 0.588. The van der Waals surface area contributed by atoms with Gasteiger partial charge in [-0.05, 0) is 56.3 Å². The summed E-state index contributed by atoms with van der Waals surface area (Å²) in [5.74, 6) is 1.20.